The van der Waals surface area contributed by atoms with Gasteiger partial charge in [-0.1, -0.05) is 0 Å². The number of nitrogens with zero attached hydrogens (tertiary/aromatic N) is 3. The monoisotopic (exact) mass is 362 g/mol. The van der Waals surface area contributed by atoms with Gasteiger partial charge in [0.15, 0.2) is 0 Å². The van der Waals surface area contributed by atoms with Crippen LogP contribution in [0.2, 0.25) is 0 Å². The molecule has 2 aromatic rings. The van der Waals surface area contributed by atoms with E-state index < -0.39 is 16.0 Å². The predicted molar refractivity (Wildman–Crippen MR) is 92.6 cm³/mol. The van der Waals surface area contributed by atoms with E-state index in [-0.39, 0.29) is 16.1 Å². The summed E-state index contributed by atoms with van der Waals surface area (Å²) in [4.78, 5) is 21.1. The quantitative estimate of drug-likeness (QED) is 0.829. The minimum Gasteiger partial charge on any atom is -0.478 e. The molecule has 1 aromatic heterocycles. The van der Waals surface area contributed by atoms with Gasteiger partial charge in [-0.05, 0) is 42.5 Å². The van der Waals surface area contributed by atoms with Crippen molar-refractivity contribution < 1.29 is 18.3 Å². The van der Waals surface area contributed by atoms with Crippen LogP contribution in [0.1, 0.15) is 27.9 Å². The van der Waals surface area contributed by atoms with Crippen molar-refractivity contribution >= 4 is 27.6 Å². The zero-order valence-corrected chi connectivity index (χ0v) is 14.7. The molecule has 0 fully saturated rings. The van der Waals surface area contributed by atoms with Crippen LogP contribution in [0.3, 0.4) is 0 Å². The fourth-order valence-corrected chi connectivity index (χ4v) is 4.21. The lowest BCUT2D eigenvalue weighted by Crippen LogP contribution is -2.17. The number of sulfonamides is 1. The molecule has 0 radical (unpaired) electrons. The third-order valence-electron chi connectivity index (χ3n) is 4.00. The summed E-state index contributed by atoms with van der Waals surface area (Å²) in [6, 6.07) is 2.77. The van der Waals surface area contributed by atoms with Crippen LogP contribution >= 0.6 is 0 Å². The number of carboxylic acid groups (broad SMARTS) is 1. The van der Waals surface area contributed by atoms with E-state index in [4.69, 9.17) is 0 Å². The zero-order chi connectivity index (χ0) is 18.2. The van der Waals surface area contributed by atoms with Crippen molar-refractivity contribution in [2.24, 2.45) is 0 Å². The van der Waals surface area contributed by atoms with E-state index in [0.29, 0.717) is 24.4 Å². The first-order chi connectivity index (χ1) is 11.8. The van der Waals surface area contributed by atoms with Gasteiger partial charge in [0, 0.05) is 14.1 Å². The van der Waals surface area contributed by atoms with Crippen LogP contribution in [-0.4, -0.2) is 43.6 Å². The first-order valence-electron chi connectivity index (χ1n) is 7.69. The maximum absolute atomic E-state index is 12.8. The number of nitrogens with one attached hydrogen (secondary N) is 1. The summed E-state index contributed by atoms with van der Waals surface area (Å²) < 4.78 is 28.0. The Morgan fingerprint density at radius 1 is 1.20 bits per heavy atom. The normalized spacial score (nSPS) is 13.4. The number of aryl methyl sites for hydroxylation is 1. The highest BCUT2D eigenvalue weighted by Crippen LogP contribution is 2.31. The number of hydrogen-bond acceptors (Lipinski definition) is 6. The van der Waals surface area contributed by atoms with E-state index in [9.17, 15) is 18.3 Å². The number of hydrogen-bond donors (Lipinski definition) is 2. The van der Waals surface area contributed by atoms with Crippen LogP contribution < -0.4 is 9.62 Å². The number of carboxylic acids is 1. The highest BCUT2D eigenvalue weighted by Gasteiger charge is 2.26. The Bertz CT molecular complexity index is 924. The predicted octanol–water partition coefficient (Wildman–Crippen LogP) is 1.53. The minimum absolute atomic E-state index is 0.0107. The molecule has 1 heterocycles. The molecule has 1 aromatic carbocycles. The van der Waals surface area contributed by atoms with Crippen molar-refractivity contribution in [1.29, 1.82) is 0 Å². The SMILES string of the molecule is CN(C)c1ncc(NS(=O)(=O)c2cc(C(=O)O)cc3c2CCC3)cn1. The molecule has 1 aliphatic rings. The van der Waals surface area contributed by atoms with E-state index in [2.05, 4.69) is 14.7 Å². The summed E-state index contributed by atoms with van der Waals surface area (Å²) in [5.41, 5.74) is 1.65. The topological polar surface area (TPSA) is 112 Å². The van der Waals surface area contributed by atoms with Crippen LogP contribution in [0.5, 0.6) is 0 Å². The number of benzene rings is 1. The van der Waals surface area contributed by atoms with Crippen molar-refractivity contribution in [2.75, 3.05) is 23.7 Å². The minimum atomic E-state index is -3.93. The van der Waals surface area contributed by atoms with Crippen LogP contribution in [-0.2, 0) is 22.9 Å². The molecule has 3 rings (SSSR count). The Morgan fingerprint density at radius 2 is 1.88 bits per heavy atom. The van der Waals surface area contributed by atoms with E-state index in [1.165, 1.54) is 18.5 Å². The second kappa shape index (κ2) is 6.32. The Kier molecular flexibility index (Phi) is 4.34. The lowest BCUT2D eigenvalue weighted by atomic mass is 10.1. The second-order valence-corrected chi connectivity index (χ2v) is 7.69. The molecule has 8 nitrogen and oxygen atoms in total. The lowest BCUT2D eigenvalue weighted by molar-refractivity contribution is 0.0696. The van der Waals surface area contributed by atoms with E-state index in [1.807, 2.05) is 0 Å². The molecular weight excluding hydrogens is 344 g/mol. The lowest BCUT2D eigenvalue weighted by Gasteiger charge is -2.14. The molecule has 0 aliphatic heterocycles. The Hall–Kier alpha value is -2.68. The largest absolute Gasteiger partial charge is 0.478 e. The summed E-state index contributed by atoms with van der Waals surface area (Å²) in [6.07, 6.45) is 4.85. The third kappa shape index (κ3) is 3.41. The summed E-state index contributed by atoms with van der Waals surface area (Å²) in [6.45, 7) is 0. The molecule has 1 aliphatic carbocycles. The van der Waals surface area contributed by atoms with Crippen LogP contribution in [0.15, 0.2) is 29.4 Å². The fourth-order valence-electron chi connectivity index (χ4n) is 2.84. The van der Waals surface area contributed by atoms with Gasteiger partial charge >= 0.3 is 5.97 Å². The van der Waals surface area contributed by atoms with Crippen LogP contribution in [0.25, 0.3) is 0 Å². The summed E-state index contributed by atoms with van der Waals surface area (Å²) in [5, 5.41) is 9.24. The van der Waals surface area contributed by atoms with Gasteiger partial charge in [-0.15, -0.1) is 0 Å². The maximum atomic E-state index is 12.8. The molecule has 0 atom stereocenters. The van der Waals surface area contributed by atoms with Crippen LogP contribution in [0.4, 0.5) is 11.6 Å². The van der Waals surface area contributed by atoms with Gasteiger partial charge in [0.25, 0.3) is 10.0 Å². The molecule has 25 heavy (non-hydrogen) atoms. The number of fused-ring (bicyclic) bond motifs is 1. The number of rotatable bonds is 5. The Labute approximate surface area is 145 Å². The molecule has 0 saturated heterocycles. The highest BCUT2D eigenvalue weighted by molar-refractivity contribution is 7.92. The fraction of sp³-hybridized carbons (Fsp3) is 0.312. The van der Waals surface area contributed by atoms with Crippen molar-refractivity contribution in [3.05, 3.63) is 41.2 Å². The number of anilines is 2. The van der Waals surface area contributed by atoms with Crippen molar-refractivity contribution in [1.82, 2.24) is 9.97 Å². The second-order valence-electron chi connectivity index (χ2n) is 6.04. The van der Waals surface area contributed by atoms with Gasteiger partial charge in [0.05, 0.1) is 28.5 Å². The van der Waals surface area contributed by atoms with E-state index >= 15 is 0 Å². The number of aromatic carboxylic acids is 1. The molecule has 132 valence electrons. The summed E-state index contributed by atoms with van der Waals surface area (Å²) >= 11 is 0. The summed E-state index contributed by atoms with van der Waals surface area (Å²) in [5.74, 6) is -0.693. The standard InChI is InChI=1S/C16H18N4O4S/c1-20(2)16-17-8-12(9-18-16)19-25(23,24)14-7-11(15(21)22)6-10-4-3-5-13(10)14/h6-9,19H,3-5H2,1-2H3,(H,21,22). The van der Waals surface area contributed by atoms with Crippen molar-refractivity contribution in [3.8, 4) is 0 Å². The molecule has 9 heteroatoms. The van der Waals surface area contributed by atoms with Gasteiger partial charge in [-0.2, -0.15) is 0 Å². The van der Waals surface area contributed by atoms with Gasteiger partial charge in [-0.3, -0.25) is 4.72 Å². The van der Waals surface area contributed by atoms with E-state index in [0.717, 1.165) is 12.0 Å². The van der Waals surface area contributed by atoms with Gasteiger partial charge < -0.3 is 10.0 Å². The Morgan fingerprint density at radius 3 is 2.48 bits per heavy atom. The summed E-state index contributed by atoms with van der Waals surface area (Å²) in [7, 11) is -0.379. The molecule has 0 spiro atoms. The van der Waals surface area contributed by atoms with Gasteiger partial charge in [0.1, 0.15) is 0 Å². The first-order valence-corrected chi connectivity index (χ1v) is 9.17. The van der Waals surface area contributed by atoms with Gasteiger partial charge in [-0.25, -0.2) is 23.2 Å². The molecule has 0 bridgehead atoms. The average Bonchev–Trinajstić information content (AvgIpc) is 3.02. The highest BCUT2D eigenvalue weighted by atomic mass is 32.2. The van der Waals surface area contributed by atoms with E-state index in [1.54, 1.807) is 25.1 Å². The van der Waals surface area contributed by atoms with Crippen LogP contribution in [0, 0.1) is 0 Å². The molecule has 0 unspecified atom stereocenters. The number of aromatic nitrogens is 2. The third-order valence-corrected chi connectivity index (χ3v) is 5.45. The van der Waals surface area contributed by atoms with Crippen molar-refractivity contribution in [3.63, 3.8) is 0 Å². The first kappa shape index (κ1) is 17.2. The molecule has 0 amide bonds. The molecule has 0 saturated carbocycles. The Balaban J connectivity index is 1.98. The maximum Gasteiger partial charge on any atom is 0.335 e. The van der Waals surface area contributed by atoms with Crippen molar-refractivity contribution in [2.45, 2.75) is 24.2 Å². The molecule has 2 N–H and O–H groups in total. The number of carbonyl (C=O) groups is 1. The average molecular weight is 362 g/mol. The zero-order valence-electron chi connectivity index (χ0n) is 13.9. The smallest absolute Gasteiger partial charge is 0.335 e. The molecular formula is C16H18N4O4S. The van der Waals surface area contributed by atoms with Gasteiger partial charge in [0.2, 0.25) is 5.95 Å².